The lowest BCUT2D eigenvalue weighted by atomic mass is 10.0. The first-order valence-electron chi connectivity index (χ1n) is 4.02. The molecule has 1 nitrogen and oxygen atoms in total. The summed E-state index contributed by atoms with van der Waals surface area (Å²) < 4.78 is 0. The van der Waals surface area contributed by atoms with E-state index in [4.69, 9.17) is 0 Å². The number of aromatic hydroxyl groups is 1. The highest BCUT2D eigenvalue weighted by molar-refractivity contribution is 5.63. The van der Waals surface area contributed by atoms with Crippen molar-refractivity contribution in [1.29, 1.82) is 0 Å². The summed E-state index contributed by atoms with van der Waals surface area (Å²) in [5, 5.41) is 9.50. The molecule has 0 aromatic heterocycles. The van der Waals surface area contributed by atoms with Crippen molar-refractivity contribution in [2.45, 2.75) is 6.42 Å². The van der Waals surface area contributed by atoms with Crippen LogP contribution in [-0.2, 0) is 6.42 Å². The number of hydrogen-bond acceptors (Lipinski definition) is 1. The molecule has 0 saturated heterocycles. The van der Waals surface area contributed by atoms with E-state index in [1.165, 1.54) is 5.56 Å². The summed E-state index contributed by atoms with van der Waals surface area (Å²) in [6, 6.07) is 5.63. The summed E-state index contributed by atoms with van der Waals surface area (Å²) in [6.07, 6.45) is 8.87. The van der Waals surface area contributed by atoms with Gasteiger partial charge in [0.1, 0.15) is 5.75 Å². The zero-order valence-corrected chi connectivity index (χ0v) is 6.70. The second-order valence-electron chi connectivity index (χ2n) is 2.84. The molecule has 1 aromatic carbocycles. The highest BCUT2D eigenvalue weighted by atomic mass is 16.3. The number of rotatable bonds is 0. The Balaban J connectivity index is 2.59. The Morgan fingerprint density at radius 1 is 1.17 bits per heavy atom. The van der Waals surface area contributed by atoms with Gasteiger partial charge in [0.25, 0.3) is 0 Å². The number of hydrogen-bond donors (Lipinski definition) is 1. The van der Waals surface area contributed by atoms with E-state index in [-0.39, 0.29) is 0 Å². The Morgan fingerprint density at radius 3 is 3.00 bits per heavy atom. The third-order valence-corrected chi connectivity index (χ3v) is 2.02. The second kappa shape index (κ2) is 2.86. The average Bonchev–Trinajstić information content (AvgIpc) is 2.30. The maximum Gasteiger partial charge on any atom is 0.123 e. The number of fused-ring (bicyclic) bond motifs is 1. The zero-order valence-electron chi connectivity index (χ0n) is 6.70. The van der Waals surface area contributed by atoms with E-state index in [9.17, 15) is 5.11 Å². The van der Waals surface area contributed by atoms with Crippen LogP contribution in [0.2, 0.25) is 0 Å². The molecule has 0 heterocycles. The van der Waals surface area contributed by atoms with Crippen molar-refractivity contribution < 1.29 is 5.11 Å². The van der Waals surface area contributed by atoms with Crippen LogP contribution in [0.25, 0.3) is 6.08 Å². The Bertz CT molecular complexity index is 348. The van der Waals surface area contributed by atoms with E-state index >= 15 is 0 Å². The monoisotopic (exact) mass is 158 g/mol. The Hall–Kier alpha value is -1.50. The van der Waals surface area contributed by atoms with Crippen LogP contribution in [0.5, 0.6) is 5.75 Å². The molecule has 1 N–H and O–H groups in total. The summed E-state index contributed by atoms with van der Waals surface area (Å²) in [7, 11) is 0. The third kappa shape index (κ3) is 1.14. The van der Waals surface area contributed by atoms with Crippen LogP contribution < -0.4 is 0 Å². The van der Waals surface area contributed by atoms with Crippen LogP contribution in [-0.4, -0.2) is 5.11 Å². The maximum absolute atomic E-state index is 9.50. The van der Waals surface area contributed by atoms with E-state index in [0.717, 1.165) is 12.0 Å². The number of allylic oxidation sites excluding steroid dienone is 3. The Kier molecular flexibility index (Phi) is 1.71. The molecule has 0 saturated carbocycles. The van der Waals surface area contributed by atoms with Gasteiger partial charge in [-0.2, -0.15) is 0 Å². The van der Waals surface area contributed by atoms with Crippen molar-refractivity contribution in [1.82, 2.24) is 0 Å². The summed E-state index contributed by atoms with van der Waals surface area (Å²) in [5.41, 5.74) is 2.13. The van der Waals surface area contributed by atoms with Gasteiger partial charge in [0.2, 0.25) is 0 Å². The normalized spacial score (nSPS) is 14.0. The first kappa shape index (κ1) is 7.17. The molecule has 12 heavy (non-hydrogen) atoms. The van der Waals surface area contributed by atoms with Crippen LogP contribution in [0, 0.1) is 0 Å². The van der Waals surface area contributed by atoms with E-state index < -0.39 is 0 Å². The van der Waals surface area contributed by atoms with Crippen LogP contribution in [0.3, 0.4) is 0 Å². The molecule has 1 aliphatic carbocycles. The summed E-state index contributed by atoms with van der Waals surface area (Å²) in [6.45, 7) is 0. The molecule has 2 rings (SSSR count). The Morgan fingerprint density at radius 2 is 2.08 bits per heavy atom. The number of benzene rings is 1. The molecule has 0 spiro atoms. The molecule has 1 aromatic rings. The van der Waals surface area contributed by atoms with E-state index in [1.54, 1.807) is 6.07 Å². The fourth-order valence-electron chi connectivity index (χ4n) is 1.40. The fourth-order valence-corrected chi connectivity index (χ4v) is 1.40. The van der Waals surface area contributed by atoms with Crippen LogP contribution in [0.4, 0.5) is 0 Å². The highest BCUT2D eigenvalue weighted by Gasteiger charge is 2.03. The molecule has 1 heteroatoms. The van der Waals surface area contributed by atoms with E-state index in [0.29, 0.717) is 5.75 Å². The molecule has 1 aliphatic rings. The third-order valence-electron chi connectivity index (χ3n) is 2.02. The standard InChI is InChI=1S/C11H10O/c12-11-8-4-6-9-5-2-1-3-7-10(9)11/h1-4,6-8,12H,5H2. The van der Waals surface area contributed by atoms with E-state index in [1.807, 2.05) is 30.4 Å². The maximum atomic E-state index is 9.50. The quantitative estimate of drug-likeness (QED) is 0.615. The van der Waals surface area contributed by atoms with Crippen molar-refractivity contribution in [2.75, 3.05) is 0 Å². The van der Waals surface area contributed by atoms with E-state index in [2.05, 4.69) is 6.08 Å². The zero-order chi connectivity index (χ0) is 8.39. The average molecular weight is 158 g/mol. The van der Waals surface area contributed by atoms with Crippen molar-refractivity contribution in [3.8, 4) is 5.75 Å². The molecular formula is C11H10O. The van der Waals surface area contributed by atoms with Gasteiger partial charge >= 0.3 is 0 Å². The highest BCUT2D eigenvalue weighted by Crippen LogP contribution is 2.24. The predicted molar refractivity (Wildman–Crippen MR) is 50.0 cm³/mol. The molecule has 0 amide bonds. The molecule has 60 valence electrons. The van der Waals surface area contributed by atoms with Crippen LogP contribution >= 0.6 is 0 Å². The smallest absolute Gasteiger partial charge is 0.123 e. The first-order valence-corrected chi connectivity index (χ1v) is 4.02. The molecule has 0 unspecified atom stereocenters. The van der Waals surface area contributed by atoms with Crippen molar-refractivity contribution >= 4 is 6.08 Å². The Labute approximate surface area is 71.7 Å². The molecule has 0 bridgehead atoms. The SMILES string of the molecule is Oc1cccc2c1C=CC=CC2. The first-order chi connectivity index (χ1) is 5.88. The largest absolute Gasteiger partial charge is 0.507 e. The summed E-state index contributed by atoms with van der Waals surface area (Å²) in [5.74, 6) is 0.368. The van der Waals surface area contributed by atoms with Gasteiger partial charge in [0, 0.05) is 5.56 Å². The van der Waals surface area contributed by atoms with Crippen molar-refractivity contribution in [3.63, 3.8) is 0 Å². The minimum atomic E-state index is 0.368. The lowest BCUT2D eigenvalue weighted by molar-refractivity contribution is 0.473. The fraction of sp³-hybridized carbons (Fsp3) is 0.0909. The van der Waals surface area contributed by atoms with Crippen LogP contribution in [0.15, 0.2) is 36.4 Å². The van der Waals surface area contributed by atoms with Gasteiger partial charge in [0.15, 0.2) is 0 Å². The minimum absolute atomic E-state index is 0.368. The van der Waals surface area contributed by atoms with Crippen molar-refractivity contribution in [2.24, 2.45) is 0 Å². The molecular weight excluding hydrogens is 148 g/mol. The summed E-state index contributed by atoms with van der Waals surface area (Å²) in [4.78, 5) is 0. The molecule has 0 fully saturated rings. The van der Waals surface area contributed by atoms with Gasteiger partial charge in [0.05, 0.1) is 0 Å². The van der Waals surface area contributed by atoms with Gasteiger partial charge in [-0.25, -0.2) is 0 Å². The topological polar surface area (TPSA) is 20.2 Å². The minimum Gasteiger partial charge on any atom is -0.507 e. The van der Waals surface area contributed by atoms with Gasteiger partial charge in [-0.05, 0) is 18.1 Å². The van der Waals surface area contributed by atoms with Gasteiger partial charge in [-0.15, -0.1) is 0 Å². The molecule has 0 atom stereocenters. The molecule has 0 radical (unpaired) electrons. The van der Waals surface area contributed by atoms with Gasteiger partial charge in [-0.3, -0.25) is 0 Å². The summed E-state index contributed by atoms with van der Waals surface area (Å²) >= 11 is 0. The van der Waals surface area contributed by atoms with Crippen molar-refractivity contribution in [3.05, 3.63) is 47.6 Å². The number of phenols is 1. The van der Waals surface area contributed by atoms with Crippen LogP contribution in [0.1, 0.15) is 11.1 Å². The lowest BCUT2D eigenvalue weighted by Gasteiger charge is -2.03. The predicted octanol–water partition coefficient (Wildman–Crippen LogP) is 2.52. The van der Waals surface area contributed by atoms with Gasteiger partial charge < -0.3 is 5.11 Å². The lowest BCUT2D eigenvalue weighted by Crippen LogP contribution is -1.85. The number of phenolic OH excluding ortho intramolecular Hbond substituents is 1. The second-order valence-corrected chi connectivity index (χ2v) is 2.84. The molecule has 0 aliphatic heterocycles. The van der Waals surface area contributed by atoms with Gasteiger partial charge in [-0.1, -0.05) is 36.4 Å².